The van der Waals surface area contributed by atoms with Gasteiger partial charge in [-0.25, -0.2) is 4.79 Å². The number of urea groups is 1. The molecule has 0 aromatic rings. The van der Waals surface area contributed by atoms with Gasteiger partial charge in [-0.05, 0) is 32.4 Å². The first-order valence-corrected chi connectivity index (χ1v) is 7.56. The molecule has 0 saturated heterocycles. The Balaban J connectivity index is 2.23. The lowest BCUT2D eigenvalue weighted by atomic mass is 9.86. The molecule has 116 valence electrons. The van der Waals surface area contributed by atoms with Crippen LogP contribution in [0.4, 0.5) is 4.79 Å². The largest absolute Gasteiger partial charge is 0.481 e. The van der Waals surface area contributed by atoms with Gasteiger partial charge in [0.15, 0.2) is 0 Å². The molecule has 0 aromatic heterocycles. The average Bonchev–Trinajstić information content (AvgIpc) is 2.44. The van der Waals surface area contributed by atoms with Crippen molar-refractivity contribution in [3.05, 3.63) is 0 Å². The molecule has 0 aromatic carbocycles. The van der Waals surface area contributed by atoms with E-state index in [0.717, 1.165) is 38.9 Å². The van der Waals surface area contributed by atoms with E-state index < -0.39 is 5.97 Å². The second-order valence-corrected chi connectivity index (χ2v) is 5.33. The van der Waals surface area contributed by atoms with Crippen molar-refractivity contribution in [3.8, 4) is 0 Å². The summed E-state index contributed by atoms with van der Waals surface area (Å²) in [7, 11) is 0. The number of amides is 2. The third-order valence-corrected chi connectivity index (χ3v) is 3.97. The molecule has 0 radical (unpaired) electrons. The first-order chi connectivity index (χ1) is 9.56. The summed E-state index contributed by atoms with van der Waals surface area (Å²) in [5.74, 6) is -1.07. The van der Waals surface area contributed by atoms with E-state index in [4.69, 9.17) is 5.11 Å². The number of nitrogens with zero attached hydrogens (tertiary/aromatic N) is 1. The van der Waals surface area contributed by atoms with Gasteiger partial charge in [0.25, 0.3) is 0 Å². The average molecular weight is 285 g/mol. The van der Waals surface area contributed by atoms with Gasteiger partial charge in [-0.3, -0.25) is 4.79 Å². The number of hydrogen-bond acceptors (Lipinski definition) is 3. The fraction of sp³-hybridized carbons (Fsp3) is 0.857. The van der Waals surface area contributed by atoms with Crippen LogP contribution in [0, 0.1) is 5.92 Å². The number of likely N-dealkylation sites (N-methyl/N-ethyl adjacent to an activating group) is 1. The van der Waals surface area contributed by atoms with E-state index in [-0.39, 0.29) is 18.0 Å². The van der Waals surface area contributed by atoms with Gasteiger partial charge in [0.2, 0.25) is 0 Å². The van der Waals surface area contributed by atoms with Crippen molar-refractivity contribution in [3.63, 3.8) is 0 Å². The summed E-state index contributed by atoms with van der Waals surface area (Å²) in [5, 5.41) is 14.7. The van der Waals surface area contributed by atoms with E-state index in [1.54, 1.807) is 0 Å². The highest BCUT2D eigenvalue weighted by atomic mass is 16.4. The Morgan fingerprint density at radius 1 is 1.25 bits per heavy atom. The van der Waals surface area contributed by atoms with E-state index in [2.05, 4.69) is 29.4 Å². The number of hydrogen-bond donors (Lipinski definition) is 3. The topological polar surface area (TPSA) is 81.7 Å². The van der Waals surface area contributed by atoms with Crippen LogP contribution in [0.1, 0.15) is 39.5 Å². The predicted molar refractivity (Wildman–Crippen MR) is 77.7 cm³/mol. The molecule has 0 aliphatic heterocycles. The summed E-state index contributed by atoms with van der Waals surface area (Å²) in [6.45, 7) is 7.59. The van der Waals surface area contributed by atoms with Gasteiger partial charge in [0, 0.05) is 19.1 Å². The van der Waals surface area contributed by atoms with Gasteiger partial charge in [0.05, 0.1) is 5.92 Å². The summed E-state index contributed by atoms with van der Waals surface area (Å²) >= 11 is 0. The Hall–Kier alpha value is -1.30. The van der Waals surface area contributed by atoms with Crippen LogP contribution in [0.2, 0.25) is 0 Å². The summed E-state index contributed by atoms with van der Waals surface area (Å²) < 4.78 is 0. The predicted octanol–water partition coefficient (Wildman–Crippen LogP) is 1.27. The lowest BCUT2D eigenvalue weighted by molar-refractivity contribution is -0.143. The lowest BCUT2D eigenvalue weighted by Gasteiger charge is -2.27. The highest BCUT2D eigenvalue weighted by Gasteiger charge is 2.27. The molecule has 3 N–H and O–H groups in total. The van der Waals surface area contributed by atoms with E-state index in [9.17, 15) is 9.59 Å². The second kappa shape index (κ2) is 8.79. The van der Waals surface area contributed by atoms with Crippen LogP contribution in [0.5, 0.6) is 0 Å². The lowest BCUT2D eigenvalue weighted by Crippen LogP contribution is -2.46. The first kappa shape index (κ1) is 16.8. The molecule has 1 saturated carbocycles. The van der Waals surface area contributed by atoms with Crippen molar-refractivity contribution in [2.45, 2.75) is 45.6 Å². The van der Waals surface area contributed by atoms with Crippen molar-refractivity contribution < 1.29 is 14.7 Å². The maximum absolute atomic E-state index is 11.8. The van der Waals surface area contributed by atoms with Crippen LogP contribution in [0.15, 0.2) is 0 Å². The maximum Gasteiger partial charge on any atom is 0.315 e. The fourth-order valence-electron chi connectivity index (χ4n) is 2.65. The van der Waals surface area contributed by atoms with Gasteiger partial charge in [-0.2, -0.15) is 0 Å². The highest BCUT2D eigenvalue weighted by molar-refractivity contribution is 5.74. The summed E-state index contributed by atoms with van der Waals surface area (Å²) in [4.78, 5) is 25.0. The Morgan fingerprint density at radius 3 is 2.55 bits per heavy atom. The molecule has 20 heavy (non-hydrogen) atoms. The summed E-state index contributed by atoms with van der Waals surface area (Å²) in [6, 6.07) is -0.202. The monoisotopic (exact) mass is 285 g/mol. The van der Waals surface area contributed by atoms with E-state index in [0.29, 0.717) is 13.0 Å². The number of carbonyl (C=O) groups is 2. The Morgan fingerprint density at radius 2 is 1.95 bits per heavy atom. The second-order valence-electron chi connectivity index (χ2n) is 5.33. The molecule has 2 amide bonds. The van der Waals surface area contributed by atoms with Crippen molar-refractivity contribution in [1.82, 2.24) is 15.5 Å². The number of carboxylic acid groups (broad SMARTS) is 1. The fourth-order valence-corrected chi connectivity index (χ4v) is 2.65. The molecule has 2 unspecified atom stereocenters. The molecule has 1 rings (SSSR count). The Labute approximate surface area is 120 Å². The van der Waals surface area contributed by atoms with Crippen molar-refractivity contribution >= 4 is 12.0 Å². The maximum atomic E-state index is 11.8. The van der Waals surface area contributed by atoms with Gasteiger partial charge in [0.1, 0.15) is 0 Å². The zero-order valence-electron chi connectivity index (χ0n) is 12.5. The number of carbonyl (C=O) groups excluding carboxylic acids is 1. The number of rotatable bonds is 7. The van der Waals surface area contributed by atoms with Crippen LogP contribution >= 0.6 is 0 Å². The summed E-state index contributed by atoms with van der Waals surface area (Å²) in [5.41, 5.74) is 0. The van der Waals surface area contributed by atoms with Gasteiger partial charge in [-0.1, -0.05) is 20.3 Å². The van der Waals surface area contributed by atoms with Gasteiger partial charge < -0.3 is 20.6 Å². The van der Waals surface area contributed by atoms with Crippen molar-refractivity contribution in [2.24, 2.45) is 5.92 Å². The molecular weight excluding hydrogens is 258 g/mol. The third kappa shape index (κ3) is 5.77. The molecule has 6 heteroatoms. The van der Waals surface area contributed by atoms with Gasteiger partial charge in [-0.15, -0.1) is 0 Å². The molecule has 1 aliphatic carbocycles. The molecule has 2 atom stereocenters. The highest BCUT2D eigenvalue weighted by Crippen LogP contribution is 2.24. The van der Waals surface area contributed by atoms with E-state index in [1.165, 1.54) is 0 Å². The van der Waals surface area contributed by atoms with E-state index in [1.807, 2.05) is 0 Å². The number of aliphatic carboxylic acids is 1. The van der Waals surface area contributed by atoms with Crippen LogP contribution < -0.4 is 10.6 Å². The molecule has 0 spiro atoms. The minimum atomic E-state index is -0.751. The normalized spacial score (nSPS) is 22.6. The SMILES string of the molecule is CCN(CC)CCNC(=O)NC1CCCC(C(=O)O)C1. The number of carboxylic acids is 1. The van der Waals surface area contributed by atoms with Crippen molar-refractivity contribution in [2.75, 3.05) is 26.2 Å². The molecule has 1 aliphatic rings. The third-order valence-electron chi connectivity index (χ3n) is 3.97. The van der Waals surface area contributed by atoms with E-state index >= 15 is 0 Å². The van der Waals surface area contributed by atoms with Gasteiger partial charge >= 0.3 is 12.0 Å². The minimum Gasteiger partial charge on any atom is -0.481 e. The molecule has 0 heterocycles. The first-order valence-electron chi connectivity index (χ1n) is 7.56. The molecule has 6 nitrogen and oxygen atoms in total. The Bertz CT molecular complexity index is 319. The molecular formula is C14H27N3O3. The summed E-state index contributed by atoms with van der Waals surface area (Å²) in [6.07, 6.45) is 2.99. The van der Waals surface area contributed by atoms with Crippen LogP contribution in [-0.2, 0) is 4.79 Å². The van der Waals surface area contributed by atoms with Crippen LogP contribution in [0.25, 0.3) is 0 Å². The van der Waals surface area contributed by atoms with Crippen LogP contribution in [0.3, 0.4) is 0 Å². The standard InChI is InChI=1S/C14H27N3O3/c1-3-17(4-2)9-8-15-14(20)16-12-7-5-6-11(10-12)13(18)19/h11-12H,3-10H2,1-2H3,(H,18,19)(H2,15,16,20). The molecule has 1 fully saturated rings. The minimum absolute atomic E-state index is 0.0155. The number of nitrogens with one attached hydrogen (secondary N) is 2. The van der Waals surface area contributed by atoms with Crippen LogP contribution in [-0.4, -0.2) is 54.2 Å². The zero-order chi connectivity index (χ0) is 15.0. The smallest absolute Gasteiger partial charge is 0.315 e. The molecule has 0 bridgehead atoms. The quantitative estimate of drug-likeness (QED) is 0.658. The van der Waals surface area contributed by atoms with Crippen molar-refractivity contribution in [1.29, 1.82) is 0 Å². The zero-order valence-corrected chi connectivity index (χ0v) is 12.5. The Kier molecular flexibility index (Phi) is 7.36.